The minimum atomic E-state index is -3.29. The normalized spacial score (nSPS) is 19.9. The maximum atomic E-state index is 11.6. The molecule has 1 saturated heterocycles. The molecule has 9 nitrogen and oxygen atoms in total. The van der Waals surface area contributed by atoms with Gasteiger partial charge < -0.3 is 15.2 Å². The lowest BCUT2D eigenvalue weighted by Gasteiger charge is -2.39. The lowest BCUT2D eigenvalue weighted by Crippen LogP contribution is -2.60. The van der Waals surface area contributed by atoms with Gasteiger partial charge in [-0.15, -0.1) is 0 Å². The number of amides is 1. The molecule has 0 aromatic carbocycles. The molecular weight excluding hydrogens is 326 g/mol. The van der Waals surface area contributed by atoms with E-state index in [1.54, 1.807) is 4.90 Å². The van der Waals surface area contributed by atoms with E-state index in [0.29, 0.717) is 13.0 Å². The number of hydrogen-bond acceptors (Lipinski definition) is 6. The Morgan fingerprint density at radius 2 is 1.96 bits per heavy atom. The van der Waals surface area contributed by atoms with Gasteiger partial charge in [0.15, 0.2) is 12.3 Å². The minimum absolute atomic E-state index is 0.214. The van der Waals surface area contributed by atoms with Crippen LogP contribution in [0, 0.1) is 0 Å². The summed E-state index contributed by atoms with van der Waals surface area (Å²) < 4.78 is 29.8. The molecule has 1 amide bonds. The van der Waals surface area contributed by atoms with Crippen LogP contribution in [-0.4, -0.2) is 86.4 Å². The van der Waals surface area contributed by atoms with Crippen molar-refractivity contribution in [3.63, 3.8) is 0 Å². The van der Waals surface area contributed by atoms with Gasteiger partial charge in [-0.3, -0.25) is 14.5 Å². The molecule has 1 aliphatic heterocycles. The summed E-state index contributed by atoms with van der Waals surface area (Å²) in [7, 11) is -3.29. The van der Waals surface area contributed by atoms with Crippen molar-refractivity contribution >= 4 is 22.4 Å². The SMILES string of the molecule is CCCCOC(NC=O)C(C(=O)O)N1CCN(S(C)(=O)=O)CC1. The lowest BCUT2D eigenvalue weighted by atomic mass is 10.2. The van der Waals surface area contributed by atoms with Crippen molar-refractivity contribution < 1.29 is 27.9 Å². The van der Waals surface area contributed by atoms with Crippen molar-refractivity contribution in [2.24, 2.45) is 0 Å². The predicted octanol–water partition coefficient (Wildman–Crippen LogP) is -1.09. The van der Waals surface area contributed by atoms with Crippen LogP contribution in [0.5, 0.6) is 0 Å². The Hall–Kier alpha value is -1.23. The standard InChI is InChI=1S/C13H25N3O6S/c1-3-4-9-22-12(14-10-17)11(13(18)19)15-5-7-16(8-6-15)23(2,20)21/h10-12H,3-9H2,1-2H3,(H,14,17)(H,18,19). The Bertz CT molecular complexity index is 490. The fourth-order valence-corrected chi connectivity index (χ4v) is 3.27. The number of carbonyl (C=O) groups is 2. The molecule has 2 atom stereocenters. The summed E-state index contributed by atoms with van der Waals surface area (Å²) in [5.74, 6) is -1.12. The number of hydrogen-bond donors (Lipinski definition) is 2. The molecule has 0 radical (unpaired) electrons. The second-order valence-corrected chi connectivity index (χ2v) is 7.39. The number of sulfonamides is 1. The Balaban J connectivity index is 2.76. The number of piperazine rings is 1. The Morgan fingerprint density at radius 3 is 2.39 bits per heavy atom. The number of nitrogens with zero attached hydrogens (tertiary/aromatic N) is 2. The monoisotopic (exact) mass is 351 g/mol. The van der Waals surface area contributed by atoms with Crippen LogP contribution in [0.25, 0.3) is 0 Å². The van der Waals surface area contributed by atoms with E-state index in [1.165, 1.54) is 4.31 Å². The highest BCUT2D eigenvalue weighted by molar-refractivity contribution is 7.88. The minimum Gasteiger partial charge on any atom is -0.480 e. The molecule has 0 bridgehead atoms. The van der Waals surface area contributed by atoms with Gasteiger partial charge >= 0.3 is 5.97 Å². The molecular formula is C13H25N3O6S. The van der Waals surface area contributed by atoms with E-state index in [1.807, 2.05) is 6.92 Å². The molecule has 1 fully saturated rings. The van der Waals surface area contributed by atoms with Crippen LogP contribution in [0.15, 0.2) is 0 Å². The topological polar surface area (TPSA) is 116 Å². The zero-order chi connectivity index (χ0) is 17.5. The maximum absolute atomic E-state index is 11.6. The van der Waals surface area contributed by atoms with Gasteiger partial charge in [0.25, 0.3) is 0 Å². The Kier molecular flexibility index (Phi) is 7.89. The van der Waals surface area contributed by atoms with Gasteiger partial charge in [-0.1, -0.05) is 13.3 Å². The number of ether oxygens (including phenoxy) is 1. The molecule has 2 N–H and O–H groups in total. The van der Waals surface area contributed by atoms with Gasteiger partial charge in [-0.05, 0) is 6.42 Å². The van der Waals surface area contributed by atoms with Crippen LogP contribution < -0.4 is 5.32 Å². The first-order chi connectivity index (χ1) is 10.8. The van der Waals surface area contributed by atoms with Gasteiger partial charge in [0.05, 0.1) is 6.26 Å². The molecule has 0 saturated carbocycles. The second kappa shape index (κ2) is 9.16. The number of aliphatic carboxylic acids is 1. The van der Waals surface area contributed by atoms with Crippen LogP contribution in [-0.2, 0) is 24.3 Å². The molecule has 0 aliphatic carbocycles. The van der Waals surface area contributed by atoms with Gasteiger partial charge in [-0.25, -0.2) is 8.42 Å². The molecule has 1 aliphatic rings. The first-order valence-electron chi connectivity index (χ1n) is 7.54. The molecule has 1 heterocycles. The molecule has 10 heteroatoms. The van der Waals surface area contributed by atoms with Crippen LogP contribution in [0.3, 0.4) is 0 Å². The highest BCUT2D eigenvalue weighted by Crippen LogP contribution is 2.13. The van der Waals surface area contributed by atoms with Crippen molar-refractivity contribution in [3.8, 4) is 0 Å². The summed E-state index contributed by atoms with van der Waals surface area (Å²) in [6.45, 7) is 3.27. The van der Waals surface area contributed by atoms with E-state index in [2.05, 4.69) is 5.32 Å². The Morgan fingerprint density at radius 1 is 1.35 bits per heavy atom. The summed E-state index contributed by atoms with van der Waals surface area (Å²) in [4.78, 5) is 24.0. The second-order valence-electron chi connectivity index (χ2n) is 5.41. The number of nitrogens with one attached hydrogen (secondary N) is 1. The average molecular weight is 351 g/mol. The fraction of sp³-hybridized carbons (Fsp3) is 0.846. The van der Waals surface area contributed by atoms with E-state index >= 15 is 0 Å². The molecule has 0 aromatic heterocycles. The van der Waals surface area contributed by atoms with Crippen LogP contribution in [0.2, 0.25) is 0 Å². The highest BCUT2D eigenvalue weighted by atomic mass is 32.2. The number of rotatable bonds is 10. The summed E-state index contributed by atoms with van der Waals surface area (Å²) in [6, 6.07) is -1.06. The summed E-state index contributed by atoms with van der Waals surface area (Å²) in [6.07, 6.45) is 2.21. The largest absolute Gasteiger partial charge is 0.480 e. The summed E-state index contributed by atoms with van der Waals surface area (Å²) in [5.41, 5.74) is 0. The first-order valence-corrected chi connectivity index (χ1v) is 9.39. The zero-order valence-corrected chi connectivity index (χ0v) is 14.3. The number of unbranched alkanes of at least 4 members (excludes halogenated alkanes) is 1. The van der Waals surface area contributed by atoms with Gasteiger partial charge in [0, 0.05) is 32.8 Å². The van der Waals surface area contributed by atoms with Crippen LogP contribution >= 0.6 is 0 Å². The van der Waals surface area contributed by atoms with Crippen molar-refractivity contribution in [3.05, 3.63) is 0 Å². The molecule has 134 valence electrons. The van der Waals surface area contributed by atoms with Crippen molar-refractivity contribution in [1.29, 1.82) is 0 Å². The third-order valence-electron chi connectivity index (χ3n) is 3.70. The first kappa shape index (κ1) is 19.8. The quantitative estimate of drug-likeness (QED) is 0.292. The van der Waals surface area contributed by atoms with E-state index in [9.17, 15) is 23.1 Å². The van der Waals surface area contributed by atoms with E-state index in [-0.39, 0.29) is 26.2 Å². The van der Waals surface area contributed by atoms with E-state index < -0.39 is 28.3 Å². The molecule has 2 unspecified atom stereocenters. The number of carboxylic acid groups (broad SMARTS) is 1. The van der Waals surface area contributed by atoms with Crippen molar-refractivity contribution in [2.45, 2.75) is 32.0 Å². The molecule has 1 rings (SSSR count). The van der Waals surface area contributed by atoms with Gasteiger partial charge in [0.2, 0.25) is 16.4 Å². The third kappa shape index (κ3) is 6.05. The predicted molar refractivity (Wildman–Crippen MR) is 83.3 cm³/mol. The maximum Gasteiger partial charge on any atom is 0.325 e. The lowest BCUT2D eigenvalue weighted by molar-refractivity contribution is -0.153. The van der Waals surface area contributed by atoms with E-state index in [0.717, 1.165) is 19.1 Å². The van der Waals surface area contributed by atoms with Gasteiger partial charge in [0.1, 0.15) is 0 Å². The smallest absolute Gasteiger partial charge is 0.325 e. The number of carboxylic acids is 1. The number of carbonyl (C=O) groups excluding carboxylic acids is 1. The highest BCUT2D eigenvalue weighted by Gasteiger charge is 2.37. The van der Waals surface area contributed by atoms with Crippen molar-refractivity contribution in [2.75, 3.05) is 39.0 Å². The molecule has 0 aromatic rings. The summed E-state index contributed by atoms with van der Waals surface area (Å²) >= 11 is 0. The van der Waals surface area contributed by atoms with Crippen molar-refractivity contribution in [1.82, 2.24) is 14.5 Å². The average Bonchev–Trinajstić information content (AvgIpc) is 2.47. The zero-order valence-electron chi connectivity index (χ0n) is 13.5. The van der Waals surface area contributed by atoms with Crippen LogP contribution in [0.4, 0.5) is 0 Å². The van der Waals surface area contributed by atoms with Gasteiger partial charge in [-0.2, -0.15) is 4.31 Å². The Labute approximate surface area is 136 Å². The van der Waals surface area contributed by atoms with E-state index in [4.69, 9.17) is 4.74 Å². The fourth-order valence-electron chi connectivity index (χ4n) is 2.44. The molecule has 23 heavy (non-hydrogen) atoms. The third-order valence-corrected chi connectivity index (χ3v) is 5.01. The van der Waals surface area contributed by atoms with Crippen LogP contribution in [0.1, 0.15) is 19.8 Å². The molecule has 0 spiro atoms. The summed E-state index contributed by atoms with van der Waals surface area (Å²) in [5, 5.41) is 11.9.